The van der Waals surface area contributed by atoms with Gasteiger partial charge in [0.15, 0.2) is 6.61 Å². The smallest absolute Gasteiger partial charge is 0.260 e. The molecule has 25 heavy (non-hydrogen) atoms. The van der Waals surface area contributed by atoms with Crippen LogP contribution in [0.15, 0.2) is 36.5 Å². The summed E-state index contributed by atoms with van der Waals surface area (Å²) in [6, 6.07) is 9.57. The van der Waals surface area contributed by atoms with Crippen LogP contribution in [0.3, 0.4) is 0 Å². The Labute approximate surface area is 153 Å². The quantitative estimate of drug-likeness (QED) is 0.841. The van der Waals surface area contributed by atoms with Crippen molar-refractivity contribution < 1.29 is 9.53 Å². The number of aryl methyl sites for hydroxylation is 2. The van der Waals surface area contributed by atoms with Crippen molar-refractivity contribution in [3.8, 4) is 5.75 Å². The molecule has 0 spiro atoms. The molecule has 3 rings (SSSR count). The maximum absolute atomic E-state index is 12.4. The Balaban J connectivity index is 1.53. The Bertz CT molecular complexity index is 721. The summed E-state index contributed by atoms with van der Waals surface area (Å²) >= 11 is 6.03. The van der Waals surface area contributed by atoms with Gasteiger partial charge in [0.25, 0.3) is 5.91 Å². The van der Waals surface area contributed by atoms with Crippen molar-refractivity contribution in [1.82, 2.24) is 9.88 Å². The lowest BCUT2D eigenvalue weighted by molar-refractivity contribution is -0.133. The van der Waals surface area contributed by atoms with E-state index in [9.17, 15) is 4.79 Å². The molecule has 0 radical (unpaired) electrons. The van der Waals surface area contributed by atoms with E-state index in [1.807, 2.05) is 49.1 Å². The molecular weight excluding hydrogens is 338 g/mol. The summed E-state index contributed by atoms with van der Waals surface area (Å²) in [5, 5.41) is 0.680. The molecule has 1 fully saturated rings. The van der Waals surface area contributed by atoms with Gasteiger partial charge in [-0.25, -0.2) is 4.98 Å². The zero-order chi connectivity index (χ0) is 17.8. The Morgan fingerprint density at radius 1 is 1.16 bits per heavy atom. The lowest BCUT2D eigenvalue weighted by Crippen LogP contribution is -2.50. The van der Waals surface area contributed by atoms with Crippen molar-refractivity contribution in [3.05, 3.63) is 52.7 Å². The van der Waals surface area contributed by atoms with E-state index in [-0.39, 0.29) is 12.5 Å². The van der Waals surface area contributed by atoms with Crippen LogP contribution in [0.1, 0.15) is 11.1 Å². The van der Waals surface area contributed by atoms with Crippen molar-refractivity contribution in [3.63, 3.8) is 0 Å². The number of anilines is 1. The number of carbonyl (C=O) groups is 1. The van der Waals surface area contributed by atoms with Crippen LogP contribution in [0.25, 0.3) is 0 Å². The van der Waals surface area contributed by atoms with Crippen LogP contribution in [0.2, 0.25) is 5.02 Å². The second kappa shape index (κ2) is 7.74. The normalized spacial score (nSPS) is 14.5. The predicted octanol–water partition coefficient (Wildman–Crippen LogP) is 3.08. The molecule has 2 heterocycles. The summed E-state index contributed by atoms with van der Waals surface area (Å²) in [6.07, 6.45) is 1.79. The fourth-order valence-electron chi connectivity index (χ4n) is 3.08. The Morgan fingerprint density at radius 2 is 1.84 bits per heavy atom. The number of halogens is 1. The number of nitrogens with zero attached hydrogens (tertiary/aromatic N) is 3. The maximum atomic E-state index is 12.4. The van der Waals surface area contributed by atoms with E-state index in [0.29, 0.717) is 18.1 Å². The fourth-order valence-corrected chi connectivity index (χ4v) is 3.40. The van der Waals surface area contributed by atoms with Gasteiger partial charge < -0.3 is 14.5 Å². The lowest BCUT2D eigenvalue weighted by Gasteiger charge is -2.35. The molecule has 0 aliphatic carbocycles. The zero-order valence-corrected chi connectivity index (χ0v) is 15.3. The number of hydrogen-bond donors (Lipinski definition) is 0. The topological polar surface area (TPSA) is 45.7 Å². The number of amides is 1. The van der Waals surface area contributed by atoms with Gasteiger partial charge in [-0.15, -0.1) is 0 Å². The van der Waals surface area contributed by atoms with Crippen LogP contribution in [0.4, 0.5) is 5.82 Å². The number of ether oxygens (including phenoxy) is 1. The summed E-state index contributed by atoms with van der Waals surface area (Å²) in [7, 11) is 0. The number of carbonyl (C=O) groups excluding carboxylic acids is 1. The van der Waals surface area contributed by atoms with E-state index < -0.39 is 0 Å². The van der Waals surface area contributed by atoms with Crippen LogP contribution in [0, 0.1) is 13.8 Å². The molecule has 1 aromatic carbocycles. The van der Waals surface area contributed by atoms with E-state index in [0.717, 1.165) is 35.8 Å². The van der Waals surface area contributed by atoms with E-state index >= 15 is 0 Å². The van der Waals surface area contributed by atoms with E-state index in [1.54, 1.807) is 6.20 Å². The molecular formula is C19H22ClN3O2. The van der Waals surface area contributed by atoms with Gasteiger partial charge in [-0.05, 0) is 49.2 Å². The SMILES string of the molecule is Cc1cc(Cl)cc(C)c1OCC(=O)N1CCN(c2ccccn2)CC1. The van der Waals surface area contributed by atoms with Crippen LogP contribution in [0.5, 0.6) is 5.75 Å². The number of hydrogen-bond acceptors (Lipinski definition) is 4. The Hall–Kier alpha value is -2.27. The van der Waals surface area contributed by atoms with Gasteiger partial charge in [0.2, 0.25) is 0 Å². The molecule has 0 unspecified atom stereocenters. The van der Waals surface area contributed by atoms with Gasteiger partial charge in [0.05, 0.1) is 0 Å². The van der Waals surface area contributed by atoms with E-state index in [2.05, 4.69) is 9.88 Å². The first-order chi connectivity index (χ1) is 12.0. The highest BCUT2D eigenvalue weighted by Crippen LogP contribution is 2.27. The molecule has 132 valence electrons. The van der Waals surface area contributed by atoms with Gasteiger partial charge in [-0.3, -0.25) is 4.79 Å². The monoisotopic (exact) mass is 359 g/mol. The van der Waals surface area contributed by atoms with Gasteiger partial charge in [-0.1, -0.05) is 17.7 Å². The van der Waals surface area contributed by atoms with Crippen LogP contribution < -0.4 is 9.64 Å². The van der Waals surface area contributed by atoms with Crippen molar-refractivity contribution in [1.29, 1.82) is 0 Å². The first-order valence-corrected chi connectivity index (χ1v) is 8.75. The Morgan fingerprint density at radius 3 is 2.44 bits per heavy atom. The van der Waals surface area contributed by atoms with Crippen molar-refractivity contribution in [2.24, 2.45) is 0 Å². The number of pyridine rings is 1. The highest BCUT2D eigenvalue weighted by molar-refractivity contribution is 6.30. The molecule has 6 heteroatoms. The third kappa shape index (κ3) is 4.23. The van der Waals surface area contributed by atoms with Crippen LogP contribution in [-0.4, -0.2) is 48.6 Å². The number of aromatic nitrogens is 1. The zero-order valence-electron chi connectivity index (χ0n) is 14.5. The first kappa shape index (κ1) is 17.5. The molecule has 0 saturated carbocycles. The maximum Gasteiger partial charge on any atom is 0.260 e. The predicted molar refractivity (Wildman–Crippen MR) is 99.5 cm³/mol. The minimum Gasteiger partial charge on any atom is -0.483 e. The number of piperazine rings is 1. The average molecular weight is 360 g/mol. The van der Waals surface area contributed by atoms with Gasteiger partial charge in [0.1, 0.15) is 11.6 Å². The molecule has 1 amide bonds. The summed E-state index contributed by atoms with van der Waals surface area (Å²) in [6.45, 7) is 6.83. The molecule has 0 N–H and O–H groups in total. The summed E-state index contributed by atoms with van der Waals surface area (Å²) in [5.74, 6) is 1.71. The fraction of sp³-hybridized carbons (Fsp3) is 0.368. The highest BCUT2D eigenvalue weighted by atomic mass is 35.5. The van der Waals surface area contributed by atoms with Gasteiger partial charge in [0, 0.05) is 37.4 Å². The van der Waals surface area contributed by atoms with Crippen molar-refractivity contribution in [2.45, 2.75) is 13.8 Å². The molecule has 5 nitrogen and oxygen atoms in total. The minimum atomic E-state index is 0.00872. The highest BCUT2D eigenvalue weighted by Gasteiger charge is 2.22. The molecule has 1 aliphatic rings. The van der Waals surface area contributed by atoms with Crippen LogP contribution >= 0.6 is 11.6 Å². The van der Waals surface area contributed by atoms with E-state index in [1.165, 1.54) is 0 Å². The molecule has 1 saturated heterocycles. The van der Waals surface area contributed by atoms with Crippen LogP contribution in [-0.2, 0) is 4.79 Å². The van der Waals surface area contributed by atoms with Crippen molar-refractivity contribution in [2.75, 3.05) is 37.7 Å². The molecule has 0 bridgehead atoms. The van der Waals surface area contributed by atoms with Crippen molar-refractivity contribution >= 4 is 23.3 Å². The van der Waals surface area contributed by atoms with Gasteiger partial charge in [-0.2, -0.15) is 0 Å². The summed E-state index contributed by atoms with van der Waals surface area (Å²) in [4.78, 5) is 20.8. The third-order valence-corrected chi connectivity index (χ3v) is 4.59. The lowest BCUT2D eigenvalue weighted by atomic mass is 10.1. The average Bonchev–Trinajstić information content (AvgIpc) is 2.61. The summed E-state index contributed by atoms with van der Waals surface area (Å²) < 4.78 is 5.77. The number of benzene rings is 1. The molecule has 2 aromatic rings. The molecule has 1 aromatic heterocycles. The largest absolute Gasteiger partial charge is 0.483 e. The minimum absolute atomic E-state index is 0.00872. The second-order valence-corrected chi connectivity index (χ2v) is 6.65. The number of rotatable bonds is 4. The molecule has 1 aliphatic heterocycles. The molecule has 0 atom stereocenters. The first-order valence-electron chi connectivity index (χ1n) is 8.38. The summed E-state index contributed by atoms with van der Waals surface area (Å²) in [5.41, 5.74) is 1.88. The Kier molecular flexibility index (Phi) is 5.43. The van der Waals surface area contributed by atoms with Gasteiger partial charge >= 0.3 is 0 Å². The third-order valence-electron chi connectivity index (χ3n) is 4.37. The second-order valence-electron chi connectivity index (χ2n) is 6.21. The standard InChI is InChI=1S/C19H22ClN3O2/c1-14-11-16(20)12-15(2)19(14)25-13-18(24)23-9-7-22(8-10-23)17-5-3-4-6-21-17/h3-6,11-12H,7-10,13H2,1-2H3. The van der Waals surface area contributed by atoms with E-state index in [4.69, 9.17) is 16.3 Å².